The molecule has 0 aliphatic carbocycles. The van der Waals surface area contributed by atoms with Gasteiger partial charge in [-0.2, -0.15) is 0 Å². The van der Waals surface area contributed by atoms with Gasteiger partial charge in [-0.05, 0) is 91.5 Å². The number of nitrogens with zero attached hydrogens (tertiary/aromatic N) is 3. The Morgan fingerprint density at radius 1 is 0.921 bits per heavy atom. The van der Waals surface area contributed by atoms with Crippen molar-refractivity contribution >= 4 is 23.1 Å². The smallest absolute Gasteiger partial charge is 0.314 e. The molecule has 3 aromatic carbocycles. The van der Waals surface area contributed by atoms with Crippen LogP contribution in [-0.2, 0) is 5.41 Å². The number of carbonyl (C=O) groups excluding carboxylic acids is 1. The van der Waals surface area contributed by atoms with Crippen molar-refractivity contribution in [2.75, 3.05) is 56.0 Å². The number of nitrogens with one attached hydrogen (secondary N) is 1. The Labute approximate surface area is 225 Å². The third-order valence-electron chi connectivity index (χ3n) is 8.39. The molecule has 0 aromatic heterocycles. The van der Waals surface area contributed by atoms with Gasteiger partial charge in [0.25, 0.3) is 0 Å². The molecule has 0 saturated carbocycles. The molecule has 0 atom stereocenters. The molecule has 2 heterocycles. The minimum Gasteiger partial charge on any atom is -0.369 e. The number of anilines is 3. The monoisotopic (exact) mass is 515 g/mol. The third kappa shape index (κ3) is 5.34. The quantitative estimate of drug-likeness (QED) is 0.456. The number of amides is 2. The Hall–Kier alpha value is -3.58. The van der Waals surface area contributed by atoms with Crippen molar-refractivity contribution in [3.8, 4) is 0 Å². The van der Waals surface area contributed by atoms with Crippen molar-refractivity contribution in [3.63, 3.8) is 0 Å². The van der Waals surface area contributed by atoms with Crippen LogP contribution in [0, 0.1) is 12.7 Å². The molecule has 200 valence electrons. The number of aryl methyl sites for hydroxylation is 1. The molecule has 7 heteroatoms. The zero-order chi connectivity index (χ0) is 26.7. The molecular formula is C31H38FN5O. The lowest BCUT2D eigenvalue weighted by molar-refractivity contribution is 0.176. The van der Waals surface area contributed by atoms with E-state index in [1.807, 2.05) is 6.07 Å². The first-order chi connectivity index (χ1) is 18.4. The molecule has 0 unspecified atom stereocenters. The van der Waals surface area contributed by atoms with Gasteiger partial charge in [0.05, 0.1) is 0 Å². The summed E-state index contributed by atoms with van der Waals surface area (Å²) in [4.78, 5) is 18.7. The van der Waals surface area contributed by atoms with Crippen LogP contribution in [0.5, 0.6) is 0 Å². The number of primary amides is 1. The molecule has 38 heavy (non-hydrogen) atoms. The van der Waals surface area contributed by atoms with Crippen LogP contribution in [0.2, 0.25) is 0 Å². The summed E-state index contributed by atoms with van der Waals surface area (Å²) >= 11 is 0. The van der Waals surface area contributed by atoms with Gasteiger partial charge in [-0.3, -0.25) is 0 Å². The number of hydrogen-bond donors (Lipinski definition) is 2. The van der Waals surface area contributed by atoms with Crippen molar-refractivity contribution in [2.45, 2.75) is 32.1 Å². The summed E-state index contributed by atoms with van der Waals surface area (Å²) in [5.74, 6) is -0.254. The number of nitrogens with two attached hydrogens (primary N) is 1. The summed E-state index contributed by atoms with van der Waals surface area (Å²) in [6.45, 7) is 11.1. The lowest BCUT2D eigenvalue weighted by atomic mass is 9.66. The first-order valence-electron chi connectivity index (χ1n) is 13.6. The Balaban J connectivity index is 1.47. The fourth-order valence-electron chi connectivity index (χ4n) is 6.12. The van der Waals surface area contributed by atoms with Crippen LogP contribution in [0.4, 0.5) is 26.2 Å². The number of urea groups is 1. The maximum absolute atomic E-state index is 13.4. The van der Waals surface area contributed by atoms with Gasteiger partial charge >= 0.3 is 6.03 Å². The second kappa shape index (κ2) is 11.0. The maximum atomic E-state index is 13.4. The Morgan fingerprint density at radius 2 is 1.63 bits per heavy atom. The SMILES string of the molecule is CCN1CCN(c2ccc(C3(c4cccc(Nc5ccc(F)cc5)c4)CCN(C(N)=O)CC3)c(C)c2)CC1. The predicted octanol–water partition coefficient (Wildman–Crippen LogP) is 5.48. The molecule has 2 aliphatic heterocycles. The van der Waals surface area contributed by atoms with E-state index >= 15 is 0 Å². The topological polar surface area (TPSA) is 64.8 Å². The van der Waals surface area contributed by atoms with E-state index in [4.69, 9.17) is 5.73 Å². The number of likely N-dealkylation sites (tertiary alicyclic amines) is 1. The van der Waals surface area contributed by atoms with Crippen molar-refractivity contribution in [1.82, 2.24) is 9.80 Å². The van der Waals surface area contributed by atoms with Crippen LogP contribution in [0.25, 0.3) is 0 Å². The number of likely N-dealkylation sites (N-methyl/N-ethyl adjacent to an activating group) is 1. The molecule has 3 aromatic rings. The summed E-state index contributed by atoms with van der Waals surface area (Å²) in [6.07, 6.45) is 1.59. The highest BCUT2D eigenvalue weighted by atomic mass is 19.1. The van der Waals surface area contributed by atoms with Gasteiger partial charge in [0.1, 0.15) is 5.82 Å². The van der Waals surface area contributed by atoms with Crippen molar-refractivity contribution in [1.29, 1.82) is 0 Å². The fourth-order valence-corrected chi connectivity index (χ4v) is 6.12. The van der Waals surface area contributed by atoms with Crippen molar-refractivity contribution < 1.29 is 9.18 Å². The zero-order valence-electron chi connectivity index (χ0n) is 22.4. The molecule has 6 nitrogen and oxygen atoms in total. The number of halogens is 1. The molecule has 3 N–H and O–H groups in total. The number of piperazine rings is 1. The van der Waals surface area contributed by atoms with Crippen LogP contribution in [-0.4, -0.2) is 61.6 Å². The second-order valence-corrected chi connectivity index (χ2v) is 10.5. The van der Waals surface area contributed by atoms with E-state index in [0.717, 1.165) is 56.9 Å². The number of hydrogen-bond acceptors (Lipinski definition) is 4. The summed E-state index contributed by atoms with van der Waals surface area (Å²) in [5, 5.41) is 3.42. The van der Waals surface area contributed by atoms with E-state index < -0.39 is 0 Å². The normalized spacial score (nSPS) is 17.9. The van der Waals surface area contributed by atoms with E-state index in [2.05, 4.69) is 65.4 Å². The van der Waals surface area contributed by atoms with Crippen LogP contribution < -0.4 is 16.0 Å². The molecule has 2 amide bonds. The largest absolute Gasteiger partial charge is 0.369 e. The lowest BCUT2D eigenvalue weighted by Gasteiger charge is -2.43. The predicted molar refractivity (Wildman–Crippen MR) is 153 cm³/mol. The second-order valence-electron chi connectivity index (χ2n) is 10.5. The number of carbonyl (C=O) groups is 1. The number of piperidine rings is 1. The van der Waals surface area contributed by atoms with Crippen molar-refractivity contribution in [3.05, 3.63) is 89.2 Å². The lowest BCUT2D eigenvalue weighted by Crippen LogP contribution is -2.48. The summed E-state index contributed by atoms with van der Waals surface area (Å²) in [6, 6.07) is 21.4. The maximum Gasteiger partial charge on any atom is 0.314 e. The average Bonchev–Trinajstić information content (AvgIpc) is 2.94. The molecule has 0 radical (unpaired) electrons. The zero-order valence-corrected chi connectivity index (χ0v) is 22.4. The third-order valence-corrected chi connectivity index (χ3v) is 8.39. The molecule has 5 rings (SSSR count). The van der Waals surface area contributed by atoms with Gasteiger partial charge in [0.2, 0.25) is 0 Å². The molecule has 2 saturated heterocycles. The Bertz CT molecular complexity index is 1260. The summed E-state index contributed by atoms with van der Waals surface area (Å²) < 4.78 is 13.4. The van der Waals surface area contributed by atoms with Crippen LogP contribution in [0.3, 0.4) is 0 Å². The highest BCUT2D eigenvalue weighted by molar-refractivity contribution is 5.72. The van der Waals surface area contributed by atoms with E-state index in [9.17, 15) is 9.18 Å². The van der Waals surface area contributed by atoms with E-state index in [-0.39, 0.29) is 17.3 Å². The average molecular weight is 516 g/mol. The summed E-state index contributed by atoms with van der Waals surface area (Å²) in [5.41, 5.74) is 12.3. The minimum absolute atomic E-state index is 0.240. The van der Waals surface area contributed by atoms with E-state index in [1.165, 1.54) is 34.5 Å². The molecule has 2 fully saturated rings. The van der Waals surface area contributed by atoms with Gasteiger partial charge in [0.15, 0.2) is 0 Å². The molecular weight excluding hydrogens is 477 g/mol. The highest BCUT2D eigenvalue weighted by Crippen LogP contribution is 2.44. The first-order valence-corrected chi connectivity index (χ1v) is 13.6. The minimum atomic E-state index is -0.358. The van der Waals surface area contributed by atoms with Gasteiger partial charge in [-0.1, -0.05) is 25.1 Å². The van der Waals surface area contributed by atoms with Crippen LogP contribution in [0.15, 0.2) is 66.7 Å². The first kappa shape index (κ1) is 26.0. The van der Waals surface area contributed by atoms with E-state index in [1.54, 1.807) is 17.0 Å². The van der Waals surface area contributed by atoms with E-state index in [0.29, 0.717) is 13.1 Å². The Morgan fingerprint density at radius 3 is 2.26 bits per heavy atom. The summed E-state index contributed by atoms with van der Waals surface area (Å²) in [7, 11) is 0. The van der Waals surface area contributed by atoms with Crippen molar-refractivity contribution in [2.24, 2.45) is 5.73 Å². The number of benzene rings is 3. The Kier molecular flexibility index (Phi) is 7.56. The van der Waals surface area contributed by atoms with Crippen LogP contribution in [0.1, 0.15) is 36.5 Å². The van der Waals surface area contributed by atoms with Crippen LogP contribution >= 0.6 is 0 Å². The van der Waals surface area contributed by atoms with Gasteiger partial charge in [-0.25, -0.2) is 9.18 Å². The highest BCUT2D eigenvalue weighted by Gasteiger charge is 2.40. The molecule has 0 spiro atoms. The standard InChI is InChI=1S/C31H38FN5O/c1-3-35-17-19-36(20-18-35)28-11-12-29(23(2)21-28)31(13-15-37(16-14-31)30(33)38)24-5-4-6-27(22-24)34-26-9-7-25(32)8-10-26/h4-12,21-22,34H,3,13-20H2,1-2H3,(H2,33,38). The van der Waals surface area contributed by atoms with Gasteiger partial charge < -0.3 is 25.8 Å². The molecule has 2 aliphatic rings. The molecule has 0 bridgehead atoms. The fraction of sp³-hybridized carbons (Fsp3) is 0.387. The van der Waals surface area contributed by atoms with Gasteiger partial charge in [0, 0.05) is 61.7 Å². The van der Waals surface area contributed by atoms with Gasteiger partial charge in [-0.15, -0.1) is 0 Å². The number of rotatable bonds is 6.